The molecule has 0 amide bonds. The highest BCUT2D eigenvalue weighted by Gasteiger charge is 2.17. The van der Waals surface area contributed by atoms with Crippen molar-refractivity contribution in [3.05, 3.63) is 64.9 Å². The van der Waals surface area contributed by atoms with Crippen LogP contribution in [0, 0.1) is 36.5 Å². The molecule has 3 heterocycles. The number of rotatable bonds is 5. The van der Waals surface area contributed by atoms with Crippen LogP contribution in [0.15, 0.2) is 36.5 Å². The first-order chi connectivity index (χ1) is 14.0. The van der Waals surface area contributed by atoms with Gasteiger partial charge in [-0.2, -0.15) is 10.5 Å². The highest BCUT2D eigenvalue weighted by Crippen LogP contribution is 2.28. The zero-order chi connectivity index (χ0) is 20.5. The maximum absolute atomic E-state index is 9.34. The Kier molecular flexibility index (Phi) is 4.58. The van der Waals surface area contributed by atoms with Gasteiger partial charge in [0.15, 0.2) is 11.4 Å². The summed E-state index contributed by atoms with van der Waals surface area (Å²) in [5, 5.41) is 18.5. The molecule has 0 atom stereocenters. The minimum atomic E-state index is 0.135. The van der Waals surface area contributed by atoms with Gasteiger partial charge in [-0.05, 0) is 44.0 Å². The Morgan fingerprint density at radius 1 is 1.14 bits per heavy atom. The van der Waals surface area contributed by atoms with Crippen molar-refractivity contribution in [2.75, 3.05) is 7.11 Å². The number of aromatic nitrogens is 4. The number of aromatic amines is 1. The Hall–Kier alpha value is -3.97. The molecular formula is C22H20N6O. The lowest BCUT2D eigenvalue weighted by atomic mass is 10.1. The fraction of sp³-hybridized carbons (Fsp3) is 0.227. The number of ether oxygens (including phenoxy) is 1. The number of H-pyrrole nitrogens is 1. The van der Waals surface area contributed by atoms with E-state index in [1.54, 1.807) is 11.5 Å². The van der Waals surface area contributed by atoms with Crippen LogP contribution in [0.5, 0.6) is 5.75 Å². The van der Waals surface area contributed by atoms with E-state index in [4.69, 9.17) is 10.00 Å². The summed E-state index contributed by atoms with van der Waals surface area (Å²) in [7, 11) is 1.67. The van der Waals surface area contributed by atoms with Crippen LogP contribution in [0.1, 0.15) is 28.3 Å². The summed E-state index contributed by atoms with van der Waals surface area (Å²) in [4.78, 5) is 7.44. The predicted octanol–water partition coefficient (Wildman–Crippen LogP) is 3.74. The van der Waals surface area contributed by atoms with Gasteiger partial charge in [-0.3, -0.25) is 4.40 Å². The summed E-state index contributed by atoms with van der Waals surface area (Å²) < 4.78 is 9.14. The molecule has 3 aromatic heterocycles. The molecule has 1 N–H and O–H groups in total. The molecule has 0 aliphatic carbocycles. The SMILES string of the molecule is COc1ccc(CCn2c(C)cc(-c3cn4c(C#N)c(C#N)nc4[nH]3)c2C)cc1. The molecule has 4 aromatic rings. The first-order valence-electron chi connectivity index (χ1n) is 9.27. The lowest BCUT2D eigenvalue weighted by molar-refractivity contribution is 0.414. The van der Waals surface area contributed by atoms with E-state index in [2.05, 4.69) is 52.7 Å². The number of hydrogen-bond acceptors (Lipinski definition) is 4. The van der Waals surface area contributed by atoms with Crippen molar-refractivity contribution in [3.8, 4) is 29.1 Å². The van der Waals surface area contributed by atoms with Gasteiger partial charge in [0.25, 0.3) is 0 Å². The number of fused-ring (bicyclic) bond motifs is 1. The molecule has 0 bridgehead atoms. The van der Waals surface area contributed by atoms with Crippen LogP contribution < -0.4 is 4.74 Å². The minimum Gasteiger partial charge on any atom is -0.497 e. The topological polar surface area (TPSA) is 94.8 Å². The van der Waals surface area contributed by atoms with Crippen LogP contribution in [-0.4, -0.2) is 26.0 Å². The van der Waals surface area contributed by atoms with Crippen LogP contribution in [0.25, 0.3) is 17.0 Å². The van der Waals surface area contributed by atoms with E-state index >= 15 is 0 Å². The van der Waals surface area contributed by atoms with Crippen LogP contribution in [0.3, 0.4) is 0 Å². The number of nitrogens with one attached hydrogen (secondary N) is 1. The highest BCUT2D eigenvalue weighted by atomic mass is 16.5. The Balaban J connectivity index is 1.63. The number of nitrogens with zero attached hydrogens (tertiary/aromatic N) is 5. The van der Waals surface area contributed by atoms with Gasteiger partial charge in [0.1, 0.15) is 17.9 Å². The molecule has 4 rings (SSSR count). The molecule has 0 radical (unpaired) electrons. The second-order valence-corrected chi connectivity index (χ2v) is 6.93. The van der Waals surface area contributed by atoms with Crippen molar-refractivity contribution in [3.63, 3.8) is 0 Å². The van der Waals surface area contributed by atoms with Gasteiger partial charge in [0.2, 0.25) is 5.78 Å². The van der Waals surface area contributed by atoms with Gasteiger partial charge < -0.3 is 14.3 Å². The molecular weight excluding hydrogens is 364 g/mol. The summed E-state index contributed by atoms with van der Waals surface area (Å²) in [6.45, 7) is 5.04. The molecule has 0 spiro atoms. The van der Waals surface area contributed by atoms with E-state index in [1.165, 1.54) is 5.56 Å². The maximum atomic E-state index is 9.34. The van der Waals surface area contributed by atoms with Gasteiger partial charge in [0.05, 0.1) is 12.8 Å². The second-order valence-electron chi connectivity index (χ2n) is 6.93. The quantitative estimate of drug-likeness (QED) is 0.567. The molecule has 7 nitrogen and oxygen atoms in total. The lowest BCUT2D eigenvalue weighted by Crippen LogP contribution is -2.05. The van der Waals surface area contributed by atoms with Crippen LogP contribution in [0.2, 0.25) is 0 Å². The van der Waals surface area contributed by atoms with E-state index in [0.717, 1.165) is 41.4 Å². The minimum absolute atomic E-state index is 0.135. The van der Waals surface area contributed by atoms with Crippen molar-refractivity contribution in [2.24, 2.45) is 0 Å². The van der Waals surface area contributed by atoms with Gasteiger partial charge in [0, 0.05) is 29.7 Å². The van der Waals surface area contributed by atoms with Crippen molar-refractivity contribution in [1.29, 1.82) is 10.5 Å². The highest BCUT2D eigenvalue weighted by molar-refractivity contribution is 5.66. The van der Waals surface area contributed by atoms with Crippen molar-refractivity contribution >= 4 is 5.78 Å². The monoisotopic (exact) mass is 384 g/mol. The molecule has 144 valence electrons. The molecule has 0 saturated heterocycles. The third kappa shape index (κ3) is 3.13. The normalized spacial score (nSPS) is 10.8. The van der Waals surface area contributed by atoms with E-state index in [-0.39, 0.29) is 11.4 Å². The summed E-state index contributed by atoms with van der Waals surface area (Å²) in [5.41, 5.74) is 5.87. The fourth-order valence-corrected chi connectivity index (χ4v) is 3.70. The number of benzene rings is 1. The fourth-order valence-electron chi connectivity index (χ4n) is 3.70. The second kappa shape index (κ2) is 7.21. The Bertz CT molecular complexity index is 1270. The van der Waals surface area contributed by atoms with Gasteiger partial charge in [-0.1, -0.05) is 12.1 Å². The third-order valence-electron chi connectivity index (χ3n) is 5.27. The average molecular weight is 384 g/mol. The standard InChI is InChI=1S/C22H20N6O/c1-14-10-18(20-13-28-21(12-24)19(11-23)25-22(28)26-20)15(2)27(14)9-8-16-4-6-17(29-3)7-5-16/h4-7,10,13H,8-9H2,1-3H3,(H,25,26). The molecule has 0 saturated carbocycles. The van der Waals surface area contributed by atoms with Crippen LogP contribution in [0.4, 0.5) is 0 Å². The largest absolute Gasteiger partial charge is 0.497 e. The van der Waals surface area contributed by atoms with Gasteiger partial charge in [-0.25, -0.2) is 4.98 Å². The zero-order valence-electron chi connectivity index (χ0n) is 16.5. The lowest BCUT2D eigenvalue weighted by Gasteiger charge is -2.10. The summed E-state index contributed by atoms with van der Waals surface area (Å²) in [5.74, 6) is 1.36. The summed E-state index contributed by atoms with van der Waals surface area (Å²) in [6.07, 6.45) is 2.75. The van der Waals surface area contributed by atoms with Gasteiger partial charge >= 0.3 is 0 Å². The zero-order valence-corrected chi connectivity index (χ0v) is 16.5. The number of hydrogen-bond donors (Lipinski definition) is 1. The maximum Gasteiger partial charge on any atom is 0.214 e. The average Bonchev–Trinajstić information content (AvgIpc) is 3.37. The molecule has 0 unspecified atom stereocenters. The van der Waals surface area contributed by atoms with E-state index in [9.17, 15) is 5.26 Å². The Labute approximate surface area is 168 Å². The number of aryl methyl sites for hydroxylation is 2. The van der Waals surface area contributed by atoms with Crippen molar-refractivity contribution < 1.29 is 4.74 Å². The Morgan fingerprint density at radius 3 is 2.55 bits per heavy atom. The summed E-state index contributed by atoms with van der Waals surface area (Å²) >= 11 is 0. The first-order valence-corrected chi connectivity index (χ1v) is 9.27. The molecule has 0 aliphatic rings. The third-order valence-corrected chi connectivity index (χ3v) is 5.27. The van der Waals surface area contributed by atoms with Crippen molar-refractivity contribution in [2.45, 2.75) is 26.8 Å². The van der Waals surface area contributed by atoms with Gasteiger partial charge in [-0.15, -0.1) is 0 Å². The number of nitriles is 2. The predicted molar refractivity (Wildman–Crippen MR) is 109 cm³/mol. The van der Waals surface area contributed by atoms with Crippen LogP contribution >= 0.6 is 0 Å². The molecule has 7 heteroatoms. The van der Waals surface area contributed by atoms with E-state index in [1.807, 2.05) is 24.4 Å². The van der Waals surface area contributed by atoms with Crippen LogP contribution in [-0.2, 0) is 13.0 Å². The van der Waals surface area contributed by atoms with E-state index < -0.39 is 0 Å². The van der Waals surface area contributed by atoms with Crippen molar-refractivity contribution in [1.82, 2.24) is 18.9 Å². The summed E-state index contributed by atoms with van der Waals surface area (Å²) in [6, 6.07) is 14.3. The smallest absolute Gasteiger partial charge is 0.214 e. The molecule has 0 fully saturated rings. The number of methoxy groups -OCH3 is 1. The van der Waals surface area contributed by atoms with E-state index in [0.29, 0.717) is 5.78 Å². The first kappa shape index (κ1) is 18.4. The molecule has 29 heavy (non-hydrogen) atoms. The number of imidazole rings is 2. The molecule has 0 aliphatic heterocycles. The molecule has 1 aromatic carbocycles. The Morgan fingerprint density at radius 2 is 1.90 bits per heavy atom.